The largest absolute Gasteiger partial charge is 0.465 e. The second kappa shape index (κ2) is 8.26. The van der Waals surface area contributed by atoms with Crippen LogP contribution in [0.1, 0.15) is 21.6 Å². The molecule has 1 amide bonds. The van der Waals surface area contributed by atoms with Gasteiger partial charge >= 0.3 is 5.97 Å². The number of carbonyl (C=O) groups is 2. The number of methoxy groups -OCH3 is 1. The molecule has 0 spiro atoms. The van der Waals surface area contributed by atoms with Crippen molar-refractivity contribution in [2.24, 2.45) is 0 Å². The lowest BCUT2D eigenvalue weighted by molar-refractivity contribution is -0.115. The topological polar surface area (TPSA) is 68.3 Å². The number of aryl methyl sites for hydroxylation is 1. The summed E-state index contributed by atoms with van der Waals surface area (Å²) in [5.74, 6) is -3.56. The molecule has 0 bridgehead atoms. The highest BCUT2D eigenvalue weighted by atomic mass is 32.1. The Balaban J connectivity index is 1.73. The first-order chi connectivity index (χ1) is 13.4. The summed E-state index contributed by atoms with van der Waals surface area (Å²) in [6.45, 7) is 1.99. The molecule has 0 aliphatic carbocycles. The fraction of sp³-hybridized carbons (Fsp3) is 0.150. The van der Waals surface area contributed by atoms with Gasteiger partial charge in [-0.25, -0.2) is 18.6 Å². The number of carbonyl (C=O) groups excluding carboxylic acids is 2. The van der Waals surface area contributed by atoms with Crippen molar-refractivity contribution < 1.29 is 23.1 Å². The molecule has 1 N–H and O–H groups in total. The van der Waals surface area contributed by atoms with Crippen molar-refractivity contribution >= 4 is 28.9 Å². The van der Waals surface area contributed by atoms with Gasteiger partial charge < -0.3 is 10.1 Å². The normalized spacial score (nSPS) is 10.6. The first kappa shape index (κ1) is 19.6. The Morgan fingerprint density at radius 1 is 1.14 bits per heavy atom. The quantitative estimate of drug-likeness (QED) is 0.644. The fourth-order valence-corrected chi connectivity index (χ4v) is 3.31. The van der Waals surface area contributed by atoms with Crippen LogP contribution in [0.2, 0.25) is 0 Å². The van der Waals surface area contributed by atoms with E-state index in [2.05, 4.69) is 15.0 Å². The smallest absolute Gasteiger partial charge is 0.340 e. The molecule has 0 radical (unpaired) electrons. The number of benzene rings is 2. The van der Waals surface area contributed by atoms with E-state index in [1.165, 1.54) is 11.3 Å². The van der Waals surface area contributed by atoms with Gasteiger partial charge in [-0.2, -0.15) is 0 Å². The number of ether oxygens (including phenoxy) is 1. The lowest BCUT2D eigenvalue weighted by Gasteiger charge is -2.08. The number of anilines is 1. The van der Waals surface area contributed by atoms with Crippen molar-refractivity contribution in [1.82, 2.24) is 4.98 Å². The molecule has 8 heteroatoms. The lowest BCUT2D eigenvalue weighted by atomic mass is 10.1. The van der Waals surface area contributed by atoms with Crippen LogP contribution in [-0.2, 0) is 16.0 Å². The second-order valence-electron chi connectivity index (χ2n) is 6.04. The minimum Gasteiger partial charge on any atom is -0.465 e. The van der Waals surface area contributed by atoms with Crippen molar-refractivity contribution in [3.05, 3.63) is 70.2 Å². The summed E-state index contributed by atoms with van der Waals surface area (Å²) in [6.07, 6.45) is -0.0905. The Morgan fingerprint density at radius 2 is 1.86 bits per heavy atom. The molecule has 0 aliphatic heterocycles. The Labute approximate surface area is 164 Å². The maximum atomic E-state index is 13.9. The van der Waals surface area contributed by atoms with Crippen molar-refractivity contribution in [1.29, 1.82) is 0 Å². The molecule has 1 aromatic heterocycles. The summed E-state index contributed by atoms with van der Waals surface area (Å²) < 4.78 is 32.1. The molecule has 0 atom stereocenters. The number of amides is 1. The monoisotopic (exact) mass is 402 g/mol. The molecule has 3 aromatic rings. The average Bonchev–Trinajstić information content (AvgIpc) is 3.12. The number of thiazole rings is 1. The zero-order valence-electron chi connectivity index (χ0n) is 15.1. The zero-order chi connectivity index (χ0) is 20.3. The highest BCUT2D eigenvalue weighted by Gasteiger charge is 2.18. The van der Waals surface area contributed by atoms with Crippen LogP contribution >= 0.6 is 11.3 Å². The van der Waals surface area contributed by atoms with Crippen LogP contribution in [0.15, 0.2) is 41.8 Å². The van der Waals surface area contributed by atoms with E-state index in [4.69, 9.17) is 0 Å². The number of hydrogen-bond acceptors (Lipinski definition) is 5. The number of hydrogen-bond donors (Lipinski definition) is 1. The minimum atomic E-state index is -1.07. The summed E-state index contributed by atoms with van der Waals surface area (Å²) in [7, 11) is 1.08. The first-order valence-electron chi connectivity index (χ1n) is 8.26. The fourth-order valence-electron chi connectivity index (χ4n) is 2.49. The molecule has 5 nitrogen and oxygen atoms in total. The molecule has 0 fully saturated rings. The third kappa shape index (κ3) is 4.40. The van der Waals surface area contributed by atoms with Gasteiger partial charge in [-0.3, -0.25) is 4.79 Å². The van der Waals surface area contributed by atoms with Gasteiger partial charge in [-0.05, 0) is 13.0 Å². The summed E-state index contributed by atoms with van der Waals surface area (Å²) in [6, 6.07) is 9.27. The van der Waals surface area contributed by atoms with Gasteiger partial charge in [0.1, 0.15) is 16.6 Å². The first-order valence-corrected chi connectivity index (χ1v) is 9.14. The highest BCUT2D eigenvalue weighted by molar-refractivity contribution is 7.13. The van der Waals surface area contributed by atoms with Crippen molar-refractivity contribution in [3.63, 3.8) is 0 Å². The summed E-state index contributed by atoms with van der Waals surface area (Å²) in [4.78, 5) is 28.2. The average molecular weight is 402 g/mol. The summed E-state index contributed by atoms with van der Waals surface area (Å²) in [5, 5.41) is 4.85. The Morgan fingerprint density at radius 3 is 2.54 bits per heavy atom. The molecule has 0 saturated heterocycles. The SMILES string of the molecule is COC(=O)c1cc(NC(=O)Cc2csc(-c3ccc(C)cc3)n2)c(F)cc1F. The molecule has 144 valence electrons. The van der Waals surface area contributed by atoms with Crippen LogP contribution in [0, 0.1) is 18.6 Å². The minimum absolute atomic E-state index is 0.0905. The Kier molecular flexibility index (Phi) is 5.79. The highest BCUT2D eigenvalue weighted by Crippen LogP contribution is 2.25. The third-order valence-electron chi connectivity index (χ3n) is 3.93. The molecule has 0 saturated carbocycles. The standard InChI is InChI=1S/C20H16F2N2O3S/c1-11-3-5-12(6-4-11)19-23-13(10-28-19)7-18(25)24-17-8-14(20(26)27-2)15(21)9-16(17)22/h3-6,8-10H,7H2,1-2H3,(H,24,25). The molecule has 28 heavy (non-hydrogen) atoms. The molecule has 0 unspecified atom stereocenters. The van der Waals surface area contributed by atoms with E-state index in [0.717, 1.165) is 29.3 Å². The number of nitrogens with zero attached hydrogens (tertiary/aromatic N) is 1. The lowest BCUT2D eigenvalue weighted by Crippen LogP contribution is -2.17. The number of rotatable bonds is 5. The van der Waals surface area contributed by atoms with Gasteiger partial charge in [0.05, 0.1) is 30.5 Å². The van der Waals surface area contributed by atoms with Crippen LogP contribution in [0.3, 0.4) is 0 Å². The molecular weight excluding hydrogens is 386 g/mol. The number of halogens is 2. The van der Waals surface area contributed by atoms with E-state index in [-0.39, 0.29) is 12.1 Å². The molecule has 2 aromatic carbocycles. The Hall–Kier alpha value is -3.13. The van der Waals surface area contributed by atoms with E-state index in [9.17, 15) is 18.4 Å². The Bertz CT molecular complexity index is 1030. The van der Waals surface area contributed by atoms with Crippen molar-refractivity contribution in [2.45, 2.75) is 13.3 Å². The van der Waals surface area contributed by atoms with E-state index >= 15 is 0 Å². The van der Waals surface area contributed by atoms with Crippen molar-refractivity contribution in [2.75, 3.05) is 12.4 Å². The number of nitrogens with one attached hydrogen (secondary N) is 1. The predicted octanol–water partition coefficient (Wildman–Crippen LogP) is 4.36. The van der Waals surface area contributed by atoms with Gasteiger partial charge in [0, 0.05) is 17.0 Å². The summed E-state index contributed by atoms with van der Waals surface area (Å²) in [5.41, 5.74) is 1.83. The van der Waals surface area contributed by atoms with Gasteiger partial charge in [0.15, 0.2) is 0 Å². The van der Waals surface area contributed by atoms with Crippen LogP contribution in [0.4, 0.5) is 14.5 Å². The molecular formula is C20H16F2N2O3S. The van der Waals surface area contributed by atoms with Crippen LogP contribution in [0.25, 0.3) is 10.6 Å². The van der Waals surface area contributed by atoms with Crippen molar-refractivity contribution in [3.8, 4) is 10.6 Å². The van der Waals surface area contributed by atoms with Gasteiger partial charge in [0.25, 0.3) is 0 Å². The molecule has 1 heterocycles. The van der Waals surface area contributed by atoms with Crippen LogP contribution in [0.5, 0.6) is 0 Å². The van der Waals surface area contributed by atoms with Gasteiger partial charge in [-0.15, -0.1) is 11.3 Å². The van der Waals surface area contributed by atoms with E-state index in [0.29, 0.717) is 11.8 Å². The summed E-state index contributed by atoms with van der Waals surface area (Å²) >= 11 is 1.40. The zero-order valence-corrected chi connectivity index (χ0v) is 15.9. The second-order valence-corrected chi connectivity index (χ2v) is 6.90. The number of esters is 1. The number of aromatic nitrogens is 1. The molecule has 0 aliphatic rings. The van der Waals surface area contributed by atoms with E-state index in [1.807, 2.05) is 31.2 Å². The maximum absolute atomic E-state index is 13.9. The predicted molar refractivity (Wildman–Crippen MR) is 102 cm³/mol. The molecule has 3 rings (SSSR count). The third-order valence-corrected chi connectivity index (χ3v) is 4.87. The van der Waals surface area contributed by atoms with E-state index in [1.54, 1.807) is 5.38 Å². The van der Waals surface area contributed by atoms with Gasteiger partial charge in [-0.1, -0.05) is 29.8 Å². The van der Waals surface area contributed by atoms with Gasteiger partial charge in [0.2, 0.25) is 5.91 Å². The maximum Gasteiger partial charge on any atom is 0.340 e. The van der Waals surface area contributed by atoms with Crippen LogP contribution in [-0.4, -0.2) is 24.0 Å². The van der Waals surface area contributed by atoms with Crippen LogP contribution < -0.4 is 5.32 Å². The van der Waals surface area contributed by atoms with E-state index < -0.39 is 29.1 Å².